The van der Waals surface area contributed by atoms with Gasteiger partial charge in [0.2, 0.25) is 0 Å². The second-order valence-corrected chi connectivity index (χ2v) is 4.40. The molecule has 1 rings (SSSR count). The SMILES string of the molecule is Cc1ccc(CNCC(C)C)cc1[N+](=O)[O-]. The highest BCUT2D eigenvalue weighted by Crippen LogP contribution is 2.18. The first-order chi connectivity index (χ1) is 7.50. The van der Waals surface area contributed by atoms with Gasteiger partial charge in [-0.1, -0.05) is 26.0 Å². The van der Waals surface area contributed by atoms with Crippen molar-refractivity contribution in [1.29, 1.82) is 0 Å². The third-order valence-corrected chi connectivity index (χ3v) is 2.35. The lowest BCUT2D eigenvalue weighted by Gasteiger charge is -2.07. The van der Waals surface area contributed by atoms with E-state index in [0.717, 1.165) is 12.1 Å². The Morgan fingerprint density at radius 1 is 1.44 bits per heavy atom. The topological polar surface area (TPSA) is 55.2 Å². The predicted octanol–water partition coefficient (Wildman–Crippen LogP) is 2.65. The summed E-state index contributed by atoms with van der Waals surface area (Å²) in [6.07, 6.45) is 0. The van der Waals surface area contributed by atoms with Crippen molar-refractivity contribution >= 4 is 5.69 Å². The van der Waals surface area contributed by atoms with Gasteiger partial charge in [-0.05, 0) is 24.9 Å². The normalized spacial score (nSPS) is 10.8. The Labute approximate surface area is 95.8 Å². The lowest BCUT2D eigenvalue weighted by molar-refractivity contribution is -0.385. The number of nitro benzene ring substituents is 1. The van der Waals surface area contributed by atoms with E-state index in [9.17, 15) is 10.1 Å². The Hall–Kier alpha value is -1.42. The molecule has 1 N–H and O–H groups in total. The van der Waals surface area contributed by atoms with Crippen LogP contribution >= 0.6 is 0 Å². The van der Waals surface area contributed by atoms with E-state index in [1.54, 1.807) is 19.1 Å². The molecule has 0 aromatic heterocycles. The third-order valence-electron chi connectivity index (χ3n) is 2.35. The molecule has 0 aliphatic rings. The summed E-state index contributed by atoms with van der Waals surface area (Å²) >= 11 is 0. The van der Waals surface area contributed by atoms with Gasteiger partial charge in [0.15, 0.2) is 0 Å². The maximum absolute atomic E-state index is 10.7. The minimum atomic E-state index is -0.332. The highest BCUT2D eigenvalue weighted by molar-refractivity contribution is 5.42. The highest BCUT2D eigenvalue weighted by Gasteiger charge is 2.10. The summed E-state index contributed by atoms with van der Waals surface area (Å²) in [5.74, 6) is 0.584. The van der Waals surface area contributed by atoms with Gasteiger partial charge in [0.25, 0.3) is 5.69 Å². The molecule has 0 heterocycles. The fourth-order valence-electron chi connectivity index (χ4n) is 1.47. The van der Waals surface area contributed by atoms with Crippen LogP contribution in [0.2, 0.25) is 0 Å². The summed E-state index contributed by atoms with van der Waals surface area (Å²) < 4.78 is 0. The quantitative estimate of drug-likeness (QED) is 0.615. The second kappa shape index (κ2) is 5.61. The van der Waals surface area contributed by atoms with Crippen molar-refractivity contribution in [3.8, 4) is 0 Å². The third kappa shape index (κ3) is 3.62. The molecule has 1 aromatic rings. The van der Waals surface area contributed by atoms with E-state index < -0.39 is 0 Å². The Morgan fingerprint density at radius 2 is 2.12 bits per heavy atom. The van der Waals surface area contributed by atoms with Crippen LogP contribution in [0, 0.1) is 23.0 Å². The predicted molar refractivity (Wildman–Crippen MR) is 64.4 cm³/mol. The van der Waals surface area contributed by atoms with E-state index in [1.165, 1.54) is 0 Å². The monoisotopic (exact) mass is 222 g/mol. The fraction of sp³-hybridized carbons (Fsp3) is 0.500. The van der Waals surface area contributed by atoms with Crippen LogP contribution in [0.15, 0.2) is 18.2 Å². The first-order valence-corrected chi connectivity index (χ1v) is 5.45. The molecule has 0 radical (unpaired) electrons. The maximum atomic E-state index is 10.7. The molecular weight excluding hydrogens is 204 g/mol. The van der Waals surface area contributed by atoms with Gasteiger partial charge < -0.3 is 5.32 Å². The lowest BCUT2D eigenvalue weighted by Crippen LogP contribution is -2.19. The molecule has 0 aliphatic heterocycles. The van der Waals surface area contributed by atoms with Crippen LogP contribution in [-0.4, -0.2) is 11.5 Å². The number of nitro groups is 1. The Bertz CT molecular complexity index is 375. The molecule has 0 amide bonds. The molecule has 4 heteroatoms. The van der Waals surface area contributed by atoms with E-state index in [4.69, 9.17) is 0 Å². The molecule has 0 fully saturated rings. The van der Waals surface area contributed by atoms with Crippen LogP contribution in [0.25, 0.3) is 0 Å². The average molecular weight is 222 g/mol. The molecule has 16 heavy (non-hydrogen) atoms. The lowest BCUT2D eigenvalue weighted by atomic mass is 10.1. The molecule has 4 nitrogen and oxygen atoms in total. The smallest absolute Gasteiger partial charge is 0.272 e. The van der Waals surface area contributed by atoms with Crippen LogP contribution in [0.4, 0.5) is 5.69 Å². The molecule has 1 aromatic carbocycles. The number of nitrogens with zero attached hydrogens (tertiary/aromatic N) is 1. The summed E-state index contributed by atoms with van der Waals surface area (Å²) in [5.41, 5.74) is 1.86. The van der Waals surface area contributed by atoms with Crippen molar-refractivity contribution in [2.45, 2.75) is 27.3 Å². The van der Waals surface area contributed by atoms with Crippen molar-refractivity contribution in [1.82, 2.24) is 5.32 Å². The van der Waals surface area contributed by atoms with Crippen LogP contribution in [0.3, 0.4) is 0 Å². The van der Waals surface area contributed by atoms with Crippen LogP contribution in [0.5, 0.6) is 0 Å². The zero-order chi connectivity index (χ0) is 12.1. The second-order valence-electron chi connectivity index (χ2n) is 4.40. The summed E-state index contributed by atoms with van der Waals surface area (Å²) in [4.78, 5) is 10.4. The molecule has 0 aliphatic carbocycles. The number of hydrogen-bond acceptors (Lipinski definition) is 3. The molecule has 0 atom stereocenters. The van der Waals surface area contributed by atoms with E-state index in [1.807, 2.05) is 6.07 Å². The van der Waals surface area contributed by atoms with Gasteiger partial charge in [0.05, 0.1) is 4.92 Å². The minimum absolute atomic E-state index is 0.198. The van der Waals surface area contributed by atoms with E-state index in [-0.39, 0.29) is 10.6 Å². The van der Waals surface area contributed by atoms with E-state index in [2.05, 4.69) is 19.2 Å². The van der Waals surface area contributed by atoms with Crippen LogP contribution in [0.1, 0.15) is 25.0 Å². The number of rotatable bonds is 5. The van der Waals surface area contributed by atoms with Gasteiger partial charge >= 0.3 is 0 Å². The molecule has 0 saturated carbocycles. The van der Waals surface area contributed by atoms with Crippen LogP contribution in [-0.2, 0) is 6.54 Å². The highest BCUT2D eigenvalue weighted by atomic mass is 16.6. The van der Waals surface area contributed by atoms with Crippen molar-refractivity contribution in [3.63, 3.8) is 0 Å². The van der Waals surface area contributed by atoms with Gasteiger partial charge in [-0.25, -0.2) is 0 Å². The maximum Gasteiger partial charge on any atom is 0.272 e. The van der Waals surface area contributed by atoms with Crippen molar-refractivity contribution < 1.29 is 4.92 Å². The van der Waals surface area contributed by atoms with Crippen LogP contribution < -0.4 is 5.32 Å². The number of nitrogens with one attached hydrogen (secondary N) is 1. The standard InChI is InChI=1S/C12H18N2O2/c1-9(2)7-13-8-11-5-4-10(3)12(6-11)14(15)16/h4-6,9,13H,7-8H2,1-3H3. The summed E-state index contributed by atoms with van der Waals surface area (Å²) in [5, 5.41) is 14.0. The first-order valence-electron chi connectivity index (χ1n) is 5.45. The molecule has 0 bridgehead atoms. The van der Waals surface area contributed by atoms with Crippen molar-refractivity contribution in [3.05, 3.63) is 39.4 Å². The molecular formula is C12H18N2O2. The van der Waals surface area contributed by atoms with Gasteiger partial charge in [0.1, 0.15) is 0 Å². The zero-order valence-corrected chi connectivity index (χ0v) is 9.99. The van der Waals surface area contributed by atoms with E-state index in [0.29, 0.717) is 18.0 Å². The zero-order valence-electron chi connectivity index (χ0n) is 9.99. The van der Waals surface area contributed by atoms with Gasteiger partial charge in [-0.3, -0.25) is 10.1 Å². The summed E-state index contributed by atoms with van der Waals surface area (Å²) in [7, 11) is 0. The fourth-order valence-corrected chi connectivity index (χ4v) is 1.47. The van der Waals surface area contributed by atoms with Crippen molar-refractivity contribution in [2.24, 2.45) is 5.92 Å². The average Bonchev–Trinajstić information content (AvgIpc) is 2.19. The Balaban J connectivity index is 2.68. The molecule has 88 valence electrons. The van der Waals surface area contributed by atoms with Gasteiger partial charge in [-0.2, -0.15) is 0 Å². The molecule has 0 spiro atoms. The largest absolute Gasteiger partial charge is 0.312 e. The number of aryl methyl sites for hydroxylation is 1. The first kappa shape index (κ1) is 12.6. The number of hydrogen-bond donors (Lipinski definition) is 1. The van der Waals surface area contributed by atoms with E-state index >= 15 is 0 Å². The molecule has 0 saturated heterocycles. The minimum Gasteiger partial charge on any atom is -0.312 e. The summed E-state index contributed by atoms with van der Waals surface area (Å²) in [6.45, 7) is 7.61. The Kier molecular flexibility index (Phi) is 4.43. The number of benzene rings is 1. The van der Waals surface area contributed by atoms with Gasteiger partial charge in [-0.15, -0.1) is 0 Å². The Morgan fingerprint density at radius 3 is 2.69 bits per heavy atom. The van der Waals surface area contributed by atoms with Crippen molar-refractivity contribution in [2.75, 3.05) is 6.54 Å². The summed E-state index contributed by atoms with van der Waals surface area (Å²) in [6, 6.07) is 5.36. The molecule has 0 unspecified atom stereocenters. The van der Waals surface area contributed by atoms with Gasteiger partial charge in [0, 0.05) is 18.2 Å².